The maximum atomic E-state index is 12.6. The molecule has 2 aromatic heterocycles. The average Bonchev–Trinajstić information content (AvgIpc) is 2.70. The Morgan fingerprint density at radius 2 is 1.90 bits per heavy atom. The van der Waals surface area contributed by atoms with Crippen molar-refractivity contribution < 1.29 is 27.5 Å². The molecule has 2 aromatic rings. The van der Waals surface area contributed by atoms with Crippen molar-refractivity contribution in [1.29, 1.82) is 0 Å². The van der Waals surface area contributed by atoms with Gasteiger partial charge in [-0.05, 0) is 24.1 Å². The van der Waals surface area contributed by atoms with Gasteiger partial charge in [-0.3, -0.25) is 9.59 Å². The molecule has 0 fully saturated rings. The lowest BCUT2D eigenvalue weighted by atomic mass is 10.1. The second kappa shape index (κ2) is 10.0. The molecule has 162 valence electrons. The Morgan fingerprint density at radius 1 is 1.17 bits per heavy atom. The van der Waals surface area contributed by atoms with E-state index in [0.717, 1.165) is 0 Å². The van der Waals surface area contributed by atoms with Gasteiger partial charge in [-0.15, -0.1) is 0 Å². The summed E-state index contributed by atoms with van der Waals surface area (Å²) in [5.41, 5.74) is 0.924. The van der Waals surface area contributed by atoms with E-state index < -0.39 is 18.8 Å². The minimum atomic E-state index is -4.45. The lowest BCUT2D eigenvalue weighted by Gasteiger charge is -2.18. The van der Waals surface area contributed by atoms with E-state index in [1.807, 2.05) is 6.92 Å². The number of pyridine rings is 2. The first-order valence-corrected chi connectivity index (χ1v) is 9.32. The van der Waals surface area contributed by atoms with Crippen molar-refractivity contribution in [3.8, 4) is 5.88 Å². The highest BCUT2D eigenvalue weighted by molar-refractivity contribution is 5.97. The van der Waals surface area contributed by atoms with Gasteiger partial charge >= 0.3 is 6.18 Å². The number of amides is 2. The van der Waals surface area contributed by atoms with Crippen LogP contribution >= 0.6 is 0 Å². The molecule has 30 heavy (non-hydrogen) atoms. The molecule has 0 spiro atoms. The van der Waals surface area contributed by atoms with E-state index in [0.29, 0.717) is 17.5 Å². The number of ether oxygens (including phenoxy) is 1. The van der Waals surface area contributed by atoms with Crippen molar-refractivity contribution in [3.05, 3.63) is 47.8 Å². The number of hydrogen-bond acceptors (Lipinski definition) is 5. The third-order valence-electron chi connectivity index (χ3n) is 4.06. The van der Waals surface area contributed by atoms with Crippen LogP contribution < -0.4 is 15.4 Å². The zero-order valence-electron chi connectivity index (χ0n) is 16.8. The Morgan fingerprint density at radius 3 is 2.47 bits per heavy atom. The maximum Gasteiger partial charge on any atom is 0.422 e. The van der Waals surface area contributed by atoms with E-state index in [2.05, 4.69) is 25.3 Å². The summed E-state index contributed by atoms with van der Waals surface area (Å²) < 4.78 is 41.2. The number of alkyl halides is 3. The van der Waals surface area contributed by atoms with Gasteiger partial charge in [0.05, 0.1) is 6.04 Å². The predicted octanol–water partition coefficient (Wildman–Crippen LogP) is 3.89. The van der Waals surface area contributed by atoms with E-state index in [1.165, 1.54) is 30.6 Å². The summed E-state index contributed by atoms with van der Waals surface area (Å²) in [4.78, 5) is 32.3. The molecule has 0 saturated heterocycles. The molecule has 0 aromatic carbocycles. The fourth-order valence-electron chi connectivity index (χ4n) is 2.41. The monoisotopic (exact) mass is 424 g/mol. The number of hydrogen-bond donors (Lipinski definition) is 2. The summed E-state index contributed by atoms with van der Waals surface area (Å²) in [6.07, 6.45) is -1.14. The van der Waals surface area contributed by atoms with Crippen molar-refractivity contribution in [1.82, 2.24) is 15.3 Å². The van der Waals surface area contributed by atoms with Crippen LogP contribution in [0, 0.1) is 5.92 Å². The fourth-order valence-corrected chi connectivity index (χ4v) is 2.41. The number of nitrogens with zero attached hydrogens (tertiary/aromatic N) is 2. The van der Waals surface area contributed by atoms with Crippen LogP contribution in [0.15, 0.2) is 36.7 Å². The van der Waals surface area contributed by atoms with E-state index in [-0.39, 0.29) is 29.4 Å². The van der Waals surface area contributed by atoms with Crippen LogP contribution in [0.4, 0.5) is 19.0 Å². The number of nitrogens with one attached hydrogen (secondary N) is 2. The molecular weight excluding hydrogens is 401 g/mol. The standard InChI is InChI=1S/C20H23F3N4O3/c1-4-15(14-5-6-17(25-10-14)30-11-20(21,22)23)26-19(29)13-7-8-24-16(9-13)27-18(28)12(2)3/h5-10,12,15H,4,11H2,1-3H3,(H,26,29)(H,24,27,28). The van der Waals surface area contributed by atoms with Crippen LogP contribution in [-0.2, 0) is 4.79 Å². The maximum absolute atomic E-state index is 12.6. The second-order valence-electron chi connectivity index (χ2n) is 6.84. The van der Waals surface area contributed by atoms with Gasteiger partial charge in [0, 0.05) is 29.9 Å². The normalized spacial score (nSPS) is 12.4. The van der Waals surface area contributed by atoms with Crippen molar-refractivity contribution in [2.24, 2.45) is 5.92 Å². The Bertz CT molecular complexity index is 870. The summed E-state index contributed by atoms with van der Waals surface area (Å²) in [7, 11) is 0. The molecular formula is C20H23F3N4O3. The summed E-state index contributed by atoms with van der Waals surface area (Å²) in [6.45, 7) is 3.90. The van der Waals surface area contributed by atoms with Crippen LogP contribution in [0.2, 0.25) is 0 Å². The van der Waals surface area contributed by atoms with Gasteiger partial charge in [0.25, 0.3) is 5.91 Å². The van der Waals surface area contributed by atoms with Crippen LogP contribution in [0.25, 0.3) is 0 Å². The Hall–Kier alpha value is -3.17. The summed E-state index contributed by atoms with van der Waals surface area (Å²) in [5, 5.41) is 5.47. The second-order valence-corrected chi connectivity index (χ2v) is 6.84. The predicted molar refractivity (Wildman–Crippen MR) is 104 cm³/mol. The zero-order chi connectivity index (χ0) is 22.3. The largest absolute Gasteiger partial charge is 0.468 e. The number of aromatic nitrogens is 2. The molecule has 7 nitrogen and oxygen atoms in total. The molecule has 0 radical (unpaired) electrons. The van der Waals surface area contributed by atoms with E-state index in [9.17, 15) is 22.8 Å². The average molecular weight is 424 g/mol. The van der Waals surface area contributed by atoms with E-state index in [4.69, 9.17) is 0 Å². The SMILES string of the molecule is CCC(NC(=O)c1ccnc(NC(=O)C(C)C)c1)c1ccc(OCC(F)(F)F)nc1. The highest BCUT2D eigenvalue weighted by Gasteiger charge is 2.28. The fraction of sp³-hybridized carbons (Fsp3) is 0.400. The number of rotatable bonds is 8. The zero-order valence-corrected chi connectivity index (χ0v) is 16.8. The highest BCUT2D eigenvalue weighted by Crippen LogP contribution is 2.21. The van der Waals surface area contributed by atoms with Gasteiger partial charge in [-0.25, -0.2) is 9.97 Å². The molecule has 2 N–H and O–H groups in total. The third kappa shape index (κ3) is 7.02. The molecule has 0 aliphatic rings. The lowest BCUT2D eigenvalue weighted by Crippen LogP contribution is -2.28. The molecule has 10 heteroatoms. The number of carbonyl (C=O) groups is 2. The van der Waals surface area contributed by atoms with Crippen molar-refractivity contribution in [2.75, 3.05) is 11.9 Å². The summed E-state index contributed by atoms with van der Waals surface area (Å²) in [6, 6.07) is 5.44. The first-order valence-electron chi connectivity index (χ1n) is 9.32. The van der Waals surface area contributed by atoms with Gasteiger partial charge < -0.3 is 15.4 Å². The first kappa shape index (κ1) is 23.1. The molecule has 0 aliphatic carbocycles. The van der Waals surface area contributed by atoms with Gasteiger partial charge in [-0.1, -0.05) is 26.8 Å². The molecule has 1 unspecified atom stereocenters. The van der Waals surface area contributed by atoms with Crippen molar-refractivity contribution >= 4 is 17.6 Å². The van der Waals surface area contributed by atoms with Gasteiger partial charge in [0.1, 0.15) is 5.82 Å². The summed E-state index contributed by atoms with van der Waals surface area (Å²) >= 11 is 0. The molecule has 0 saturated carbocycles. The van der Waals surface area contributed by atoms with Gasteiger partial charge in [0.2, 0.25) is 11.8 Å². The Labute approximate surface area is 172 Å². The van der Waals surface area contributed by atoms with Crippen molar-refractivity contribution in [3.63, 3.8) is 0 Å². The molecule has 2 amide bonds. The first-order chi connectivity index (χ1) is 14.1. The topological polar surface area (TPSA) is 93.2 Å². The van der Waals surface area contributed by atoms with E-state index >= 15 is 0 Å². The van der Waals surface area contributed by atoms with Crippen LogP contribution in [0.3, 0.4) is 0 Å². The van der Waals surface area contributed by atoms with E-state index in [1.54, 1.807) is 19.9 Å². The molecule has 0 aliphatic heterocycles. The van der Waals surface area contributed by atoms with Crippen molar-refractivity contribution in [2.45, 2.75) is 39.4 Å². The van der Waals surface area contributed by atoms with Gasteiger partial charge in [-0.2, -0.15) is 13.2 Å². The summed E-state index contributed by atoms with van der Waals surface area (Å²) in [5.74, 6) is -0.726. The number of halogens is 3. The molecule has 2 rings (SSSR count). The molecule has 1 atom stereocenters. The molecule has 0 bridgehead atoms. The Balaban J connectivity index is 2.05. The quantitative estimate of drug-likeness (QED) is 0.671. The van der Waals surface area contributed by atoms with Crippen LogP contribution in [-0.4, -0.2) is 34.6 Å². The van der Waals surface area contributed by atoms with Crippen LogP contribution in [0.5, 0.6) is 5.88 Å². The lowest BCUT2D eigenvalue weighted by molar-refractivity contribution is -0.154. The molecule has 2 heterocycles. The minimum Gasteiger partial charge on any atom is -0.468 e. The Kier molecular flexibility index (Phi) is 7.73. The van der Waals surface area contributed by atoms with Crippen LogP contribution in [0.1, 0.15) is 49.2 Å². The minimum absolute atomic E-state index is 0.156. The smallest absolute Gasteiger partial charge is 0.422 e. The number of anilines is 1. The number of carbonyl (C=O) groups excluding carboxylic acids is 2. The third-order valence-corrected chi connectivity index (χ3v) is 4.06. The highest BCUT2D eigenvalue weighted by atomic mass is 19.4. The van der Waals surface area contributed by atoms with Gasteiger partial charge in [0.15, 0.2) is 6.61 Å².